The standard InChI is InChI=1S/C10H8ClNOS/c1-6-3-2-4-8-9(6)12-10(14-8)7(13)5-11/h2-4H,5H2,1H3. The lowest BCUT2D eigenvalue weighted by Crippen LogP contribution is -1.98. The number of Topliss-reactive ketones (excluding diaryl/α,β-unsaturated/α-hetero) is 1. The molecule has 0 amide bonds. The molecular weight excluding hydrogens is 218 g/mol. The molecule has 0 saturated heterocycles. The van der Waals surface area contributed by atoms with E-state index in [4.69, 9.17) is 11.6 Å². The van der Waals surface area contributed by atoms with Crippen LogP contribution in [0.25, 0.3) is 10.2 Å². The van der Waals surface area contributed by atoms with Gasteiger partial charge in [-0.25, -0.2) is 4.98 Å². The molecule has 1 heterocycles. The summed E-state index contributed by atoms with van der Waals surface area (Å²) in [5.41, 5.74) is 2.00. The van der Waals surface area contributed by atoms with Gasteiger partial charge >= 0.3 is 0 Å². The highest BCUT2D eigenvalue weighted by atomic mass is 35.5. The first-order chi connectivity index (χ1) is 6.72. The zero-order valence-electron chi connectivity index (χ0n) is 7.58. The van der Waals surface area contributed by atoms with Gasteiger partial charge in [-0.05, 0) is 18.6 Å². The Bertz CT molecular complexity index is 492. The second-order valence-electron chi connectivity index (χ2n) is 3.00. The van der Waals surface area contributed by atoms with Crippen LogP contribution in [0.3, 0.4) is 0 Å². The zero-order chi connectivity index (χ0) is 10.1. The van der Waals surface area contributed by atoms with E-state index in [9.17, 15) is 4.79 Å². The Balaban J connectivity index is 2.62. The number of nitrogens with zero attached hydrogens (tertiary/aromatic N) is 1. The Morgan fingerprint density at radius 2 is 2.36 bits per heavy atom. The van der Waals surface area contributed by atoms with Crippen LogP contribution in [-0.2, 0) is 0 Å². The lowest BCUT2D eigenvalue weighted by molar-refractivity contribution is 0.102. The Kier molecular flexibility index (Phi) is 2.52. The van der Waals surface area contributed by atoms with Gasteiger partial charge in [0.05, 0.1) is 16.1 Å². The summed E-state index contributed by atoms with van der Waals surface area (Å²) in [5.74, 6) is -0.106. The second kappa shape index (κ2) is 3.67. The third-order valence-corrected chi connectivity index (χ3v) is 3.29. The molecule has 0 atom stereocenters. The van der Waals surface area contributed by atoms with Gasteiger partial charge in [0.2, 0.25) is 5.78 Å². The molecule has 14 heavy (non-hydrogen) atoms. The maximum Gasteiger partial charge on any atom is 0.206 e. The molecule has 72 valence electrons. The minimum Gasteiger partial charge on any atom is -0.290 e. The third kappa shape index (κ3) is 1.53. The van der Waals surface area contributed by atoms with Crippen molar-refractivity contribution in [1.82, 2.24) is 4.98 Å². The maximum atomic E-state index is 11.3. The molecule has 0 bridgehead atoms. The van der Waals surface area contributed by atoms with E-state index >= 15 is 0 Å². The Morgan fingerprint density at radius 1 is 1.57 bits per heavy atom. The van der Waals surface area contributed by atoms with E-state index in [0.717, 1.165) is 15.8 Å². The van der Waals surface area contributed by atoms with E-state index in [1.165, 1.54) is 11.3 Å². The molecule has 0 aliphatic rings. The lowest BCUT2D eigenvalue weighted by atomic mass is 10.2. The predicted octanol–water partition coefficient (Wildman–Crippen LogP) is 3.03. The largest absolute Gasteiger partial charge is 0.290 e. The van der Waals surface area contributed by atoms with E-state index in [-0.39, 0.29) is 11.7 Å². The first kappa shape index (κ1) is 9.62. The van der Waals surface area contributed by atoms with E-state index < -0.39 is 0 Å². The average Bonchev–Trinajstić information content (AvgIpc) is 2.62. The first-order valence-corrected chi connectivity index (χ1v) is 5.53. The fraction of sp³-hybridized carbons (Fsp3) is 0.200. The highest BCUT2D eigenvalue weighted by Crippen LogP contribution is 2.24. The van der Waals surface area contributed by atoms with Gasteiger partial charge in [-0.2, -0.15) is 0 Å². The second-order valence-corrected chi connectivity index (χ2v) is 4.30. The van der Waals surface area contributed by atoms with Crippen LogP contribution >= 0.6 is 22.9 Å². The summed E-state index contributed by atoms with van der Waals surface area (Å²) in [4.78, 5) is 15.6. The van der Waals surface area contributed by atoms with Crippen molar-refractivity contribution in [3.05, 3.63) is 28.8 Å². The van der Waals surface area contributed by atoms with E-state index in [1.807, 2.05) is 25.1 Å². The smallest absolute Gasteiger partial charge is 0.206 e. The minimum absolute atomic E-state index is 0.00112. The third-order valence-electron chi connectivity index (χ3n) is 1.98. The van der Waals surface area contributed by atoms with Crippen molar-refractivity contribution in [3.63, 3.8) is 0 Å². The Morgan fingerprint density at radius 3 is 3.00 bits per heavy atom. The van der Waals surface area contributed by atoms with Gasteiger partial charge in [-0.1, -0.05) is 12.1 Å². The SMILES string of the molecule is Cc1cccc2sc(C(=O)CCl)nc12. The molecule has 0 unspecified atom stereocenters. The molecule has 2 aromatic rings. The van der Waals surface area contributed by atoms with Gasteiger partial charge in [0.15, 0.2) is 5.01 Å². The van der Waals surface area contributed by atoms with Crippen LogP contribution < -0.4 is 0 Å². The minimum atomic E-state index is -0.104. The number of rotatable bonds is 2. The molecule has 0 aliphatic heterocycles. The predicted molar refractivity (Wildman–Crippen MR) is 59.4 cm³/mol. The van der Waals surface area contributed by atoms with Crippen molar-refractivity contribution >= 4 is 38.9 Å². The number of hydrogen-bond acceptors (Lipinski definition) is 3. The first-order valence-electron chi connectivity index (χ1n) is 4.17. The molecule has 0 radical (unpaired) electrons. The number of para-hydroxylation sites is 1. The highest BCUT2D eigenvalue weighted by molar-refractivity contribution is 7.20. The summed E-state index contributed by atoms with van der Waals surface area (Å²) in [7, 11) is 0. The number of ketones is 1. The molecule has 0 saturated carbocycles. The van der Waals surface area contributed by atoms with Crippen LogP contribution in [0.2, 0.25) is 0 Å². The molecule has 0 spiro atoms. The van der Waals surface area contributed by atoms with Gasteiger partial charge in [0.1, 0.15) is 0 Å². The highest BCUT2D eigenvalue weighted by Gasteiger charge is 2.11. The Labute approximate surface area is 90.5 Å². The van der Waals surface area contributed by atoms with Gasteiger partial charge in [0, 0.05) is 0 Å². The molecule has 0 N–H and O–H groups in total. The molecule has 1 aromatic carbocycles. The van der Waals surface area contributed by atoms with Crippen molar-refractivity contribution in [2.45, 2.75) is 6.92 Å². The van der Waals surface area contributed by atoms with Gasteiger partial charge < -0.3 is 0 Å². The van der Waals surface area contributed by atoms with Crippen molar-refractivity contribution in [3.8, 4) is 0 Å². The fourth-order valence-corrected chi connectivity index (χ4v) is 2.45. The number of fused-ring (bicyclic) bond motifs is 1. The summed E-state index contributed by atoms with van der Waals surface area (Å²) in [5, 5.41) is 0.504. The van der Waals surface area contributed by atoms with Gasteiger partial charge in [0.25, 0.3) is 0 Å². The Hall–Kier alpha value is -0.930. The molecule has 0 fully saturated rings. The average molecular weight is 226 g/mol. The molecule has 1 aromatic heterocycles. The number of aryl methyl sites for hydroxylation is 1. The quantitative estimate of drug-likeness (QED) is 0.581. The summed E-state index contributed by atoms with van der Waals surface area (Å²) < 4.78 is 1.04. The molecule has 2 nitrogen and oxygen atoms in total. The fourth-order valence-electron chi connectivity index (χ4n) is 1.26. The van der Waals surface area contributed by atoms with Crippen LogP contribution in [0.5, 0.6) is 0 Å². The number of halogens is 1. The topological polar surface area (TPSA) is 30.0 Å². The van der Waals surface area contributed by atoms with Crippen molar-refractivity contribution in [2.24, 2.45) is 0 Å². The van der Waals surface area contributed by atoms with Crippen LogP contribution in [0, 0.1) is 6.92 Å². The molecular formula is C10H8ClNOS. The van der Waals surface area contributed by atoms with Crippen LogP contribution in [0.15, 0.2) is 18.2 Å². The number of carbonyl (C=O) groups is 1. The van der Waals surface area contributed by atoms with Crippen LogP contribution in [0.4, 0.5) is 0 Å². The van der Waals surface area contributed by atoms with E-state index in [2.05, 4.69) is 4.98 Å². The van der Waals surface area contributed by atoms with Crippen LogP contribution in [0.1, 0.15) is 15.4 Å². The normalized spacial score (nSPS) is 10.7. The lowest BCUT2D eigenvalue weighted by Gasteiger charge is -1.90. The molecule has 2 rings (SSSR count). The summed E-state index contributed by atoms with van der Waals surface area (Å²) in [6.45, 7) is 1.98. The van der Waals surface area contributed by atoms with Gasteiger partial charge in [-0.3, -0.25) is 4.79 Å². The zero-order valence-corrected chi connectivity index (χ0v) is 9.15. The van der Waals surface area contributed by atoms with Gasteiger partial charge in [-0.15, -0.1) is 22.9 Å². The number of thiazole rings is 1. The van der Waals surface area contributed by atoms with E-state index in [1.54, 1.807) is 0 Å². The molecule has 4 heteroatoms. The summed E-state index contributed by atoms with van der Waals surface area (Å²) >= 11 is 6.87. The molecule has 0 aliphatic carbocycles. The maximum absolute atomic E-state index is 11.3. The number of alkyl halides is 1. The van der Waals surface area contributed by atoms with E-state index in [0.29, 0.717) is 5.01 Å². The number of aromatic nitrogens is 1. The monoisotopic (exact) mass is 225 g/mol. The number of carbonyl (C=O) groups excluding carboxylic acids is 1. The summed E-state index contributed by atoms with van der Waals surface area (Å²) in [6, 6.07) is 5.91. The summed E-state index contributed by atoms with van der Waals surface area (Å²) in [6.07, 6.45) is 0. The number of hydrogen-bond donors (Lipinski definition) is 0. The number of benzene rings is 1. The van der Waals surface area contributed by atoms with Crippen LogP contribution in [-0.4, -0.2) is 16.6 Å². The van der Waals surface area contributed by atoms with Crippen molar-refractivity contribution < 1.29 is 4.79 Å². The van der Waals surface area contributed by atoms with Crippen molar-refractivity contribution in [1.29, 1.82) is 0 Å². The van der Waals surface area contributed by atoms with Crippen molar-refractivity contribution in [2.75, 3.05) is 5.88 Å².